The average Bonchev–Trinajstić information content (AvgIpc) is 3.27. The number of nitrogens with one attached hydrogen (secondary N) is 1. The van der Waals surface area contributed by atoms with Crippen LogP contribution >= 0.6 is 0 Å². The molecule has 2 amide bonds. The molecule has 2 aromatic rings. The number of benzene rings is 1. The van der Waals surface area contributed by atoms with Gasteiger partial charge in [-0.1, -0.05) is 18.2 Å². The van der Waals surface area contributed by atoms with E-state index in [-0.39, 0.29) is 18.2 Å². The van der Waals surface area contributed by atoms with Crippen LogP contribution in [0.25, 0.3) is 0 Å². The number of sulfonamides is 1. The van der Waals surface area contributed by atoms with Gasteiger partial charge in [0.25, 0.3) is 15.9 Å². The van der Waals surface area contributed by atoms with E-state index in [9.17, 15) is 18.0 Å². The smallest absolute Gasteiger partial charge is 0.289 e. The van der Waals surface area contributed by atoms with Gasteiger partial charge in [-0.15, -0.1) is 0 Å². The Morgan fingerprint density at radius 1 is 1.24 bits per heavy atom. The largest absolute Gasteiger partial charge is 0.438 e. The number of furan rings is 1. The maximum atomic E-state index is 12.6. The van der Waals surface area contributed by atoms with Crippen molar-refractivity contribution in [2.45, 2.75) is 16.9 Å². The van der Waals surface area contributed by atoms with Gasteiger partial charge in [0, 0.05) is 18.8 Å². The fraction of sp³-hybridized carbons (Fsp3) is 0.250. The Morgan fingerprint density at radius 3 is 2.72 bits per heavy atom. The Kier molecular flexibility index (Phi) is 3.28. The maximum Gasteiger partial charge on any atom is 0.289 e. The summed E-state index contributed by atoms with van der Waals surface area (Å²) in [5.41, 5.74) is 0.859. The number of anilines is 1. The second kappa shape index (κ2) is 5.17. The molecule has 1 fully saturated rings. The quantitative estimate of drug-likeness (QED) is 0.813. The lowest BCUT2D eigenvalue weighted by molar-refractivity contribution is -0.120. The van der Waals surface area contributed by atoms with Crippen LogP contribution in [-0.2, 0) is 20.2 Å². The van der Waals surface area contributed by atoms with Crippen LogP contribution in [0.15, 0.2) is 45.9 Å². The zero-order valence-electron chi connectivity index (χ0n) is 13.1. The molecule has 0 aliphatic carbocycles. The molecule has 0 bridgehead atoms. The molecule has 9 heteroatoms. The van der Waals surface area contributed by atoms with Crippen molar-refractivity contribution in [1.29, 1.82) is 0 Å². The minimum Gasteiger partial charge on any atom is -0.438 e. The van der Waals surface area contributed by atoms with Crippen LogP contribution in [0.1, 0.15) is 22.5 Å². The number of primary sulfonamides is 1. The molecule has 1 aromatic carbocycles. The predicted molar refractivity (Wildman–Crippen MR) is 87.4 cm³/mol. The monoisotopic (exact) mass is 361 g/mol. The third-order valence-corrected chi connectivity index (χ3v) is 5.53. The van der Waals surface area contributed by atoms with E-state index in [0.29, 0.717) is 13.0 Å². The molecule has 2 aliphatic rings. The van der Waals surface area contributed by atoms with Crippen molar-refractivity contribution in [3.63, 3.8) is 0 Å². The van der Waals surface area contributed by atoms with E-state index in [1.165, 1.54) is 11.0 Å². The van der Waals surface area contributed by atoms with Crippen LogP contribution < -0.4 is 10.5 Å². The zero-order chi connectivity index (χ0) is 17.8. The van der Waals surface area contributed by atoms with Gasteiger partial charge in [0.1, 0.15) is 0 Å². The summed E-state index contributed by atoms with van der Waals surface area (Å²) in [6, 6.07) is 9.83. The number of amides is 2. The van der Waals surface area contributed by atoms with Gasteiger partial charge in [-0.05, 0) is 30.2 Å². The first-order valence-electron chi connectivity index (χ1n) is 7.64. The Balaban J connectivity index is 1.62. The zero-order valence-corrected chi connectivity index (χ0v) is 13.9. The van der Waals surface area contributed by atoms with Crippen LogP contribution in [0.2, 0.25) is 0 Å². The van der Waals surface area contributed by atoms with Crippen molar-refractivity contribution in [3.8, 4) is 0 Å². The molecular formula is C16H15N3O5S. The summed E-state index contributed by atoms with van der Waals surface area (Å²) in [5.74, 6) is -0.717. The number of hydrogen-bond donors (Lipinski definition) is 2. The predicted octanol–water partition coefficient (Wildman–Crippen LogP) is 0.663. The van der Waals surface area contributed by atoms with Gasteiger partial charge in [0.2, 0.25) is 11.0 Å². The Bertz CT molecular complexity index is 997. The number of carbonyl (C=O) groups excluding carboxylic acids is 2. The highest BCUT2D eigenvalue weighted by atomic mass is 32.2. The maximum absolute atomic E-state index is 12.6. The summed E-state index contributed by atoms with van der Waals surface area (Å²) >= 11 is 0. The molecule has 0 radical (unpaired) electrons. The normalized spacial score (nSPS) is 22.3. The Labute approximate surface area is 143 Å². The van der Waals surface area contributed by atoms with Crippen molar-refractivity contribution in [1.82, 2.24) is 4.90 Å². The molecule has 8 nitrogen and oxygen atoms in total. The third-order valence-electron chi connectivity index (χ3n) is 4.75. The number of para-hydroxylation sites is 1. The van der Waals surface area contributed by atoms with Gasteiger partial charge < -0.3 is 14.6 Å². The minimum atomic E-state index is -4.01. The lowest BCUT2D eigenvalue weighted by Gasteiger charge is -2.22. The first kappa shape index (κ1) is 15.9. The van der Waals surface area contributed by atoms with Crippen molar-refractivity contribution >= 4 is 27.5 Å². The van der Waals surface area contributed by atoms with E-state index in [4.69, 9.17) is 9.56 Å². The molecule has 1 saturated heterocycles. The van der Waals surface area contributed by atoms with E-state index in [2.05, 4.69) is 5.32 Å². The van der Waals surface area contributed by atoms with Crippen molar-refractivity contribution in [3.05, 3.63) is 47.7 Å². The third kappa shape index (κ3) is 2.35. The second-order valence-electron chi connectivity index (χ2n) is 6.22. The van der Waals surface area contributed by atoms with Crippen LogP contribution in [0, 0.1) is 0 Å². The van der Waals surface area contributed by atoms with Gasteiger partial charge in [-0.3, -0.25) is 9.59 Å². The standard InChI is InChI=1S/C16H15N3O5S/c17-25(22,23)13-6-5-12(24-13)14(20)19-8-7-16(9-19)10-3-1-2-4-11(10)18-15(16)21/h1-6H,7-9H2,(H,18,21)(H2,17,22,23). The molecule has 4 rings (SSSR count). The molecule has 130 valence electrons. The summed E-state index contributed by atoms with van der Waals surface area (Å²) in [5, 5.41) is 7.38. The molecule has 0 saturated carbocycles. The van der Waals surface area contributed by atoms with Crippen molar-refractivity contribution < 1.29 is 22.4 Å². The molecule has 1 unspecified atom stereocenters. The number of nitrogens with zero attached hydrogens (tertiary/aromatic N) is 1. The highest BCUT2D eigenvalue weighted by Gasteiger charge is 2.52. The minimum absolute atomic E-state index is 0.118. The van der Waals surface area contributed by atoms with E-state index in [1.54, 1.807) is 0 Å². The molecule has 1 aromatic heterocycles. The summed E-state index contributed by atoms with van der Waals surface area (Å²) in [7, 11) is -4.01. The Morgan fingerprint density at radius 2 is 2.00 bits per heavy atom. The van der Waals surface area contributed by atoms with Gasteiger partial charge in [-0.25, -0.2) is 13.6 Å². The molecule has 3 N–H and O–H groups in total. The molecule has 1 spiro atoms. The van der Waals surface area contributed by atoms with E-state index >= 15 is 0 Å². The highest BCUT2D eigenvalue weighted by molar-refractivity contribution is 7.89. The summed E-state index contributed by atoms with van der Waals surface area (Å²) in [6.07, 6.45) is 0.490. The van der Waals surface area contributed by atoms with Crippen LogP contribution in [0.5, 0.6) is 0 Å². The van der Waals surface area contributed by atoms with Crippen LogP contribution in [0.4, 0.5) is 5.69 Å². The fourth-order valence-electron chi connectivity index (χ4n) is 3.51. The SMILES string of the molecule is NS(=O)(=O)c1ccc(C(=O)N2CCC3(C2)C(=O)Nc2ccccc23)o1. The lowest BCUT2D eigenvalue weighted by Crippen LogP contribution is -2.39. The fourth-order valence-corrected chi connectivity index (χ4v) is 3.97. The van der Waals surface area contributed by atoms with E-state index in [1.807, 2.05) is 24.3 Å². The molecule has 25 heavy (non-hydrogen) atoms. The lowest BCUT2D eigenvalue weighted by atomic mass is 9.81. The number of rotatable bonds is 2. The summed E-state index contributed by atoms with van der Waals surface area (Å²) in [4.78, 5) is 26.6. The van der Waals surface area contributed by atoms with Gasteiger partial charge in [0.15, 0.2) is 5.76 Å². The number of hydrogen-bond acceptors (Lipinski definition) is 5. The van der Waals surface area contributed by atoms with Gasteiger partial charge in [-0.2, -0.15) is 0 Å². The first-order valence-corrected chi connectivity index (χ1v) is 9.19. The molecule has 1 atom stereocenters. The second-order valence-corrected chi connectivity index (χ2v) is 7.71. The number of carbonyl (C=O) groups is 2. The number of nitrogens with two attached hydrogens (primary N) is 1. The van der Waals surface area contributed by atoms with E-state index in [0.717, 1.165) is 17.3 Å². The van der Waals surface area contributed by atoms with Gasteiger partial charge >= 0.3 is 0 Å². The first-order chi connectivity index (χ1) is 11.8. The summed E-state index contributed by atoms with van der Waals surface area (Å²) in [6.45, 7) is 0.575. The van der Waals surface area contributed by atoms with Crippen molar-refractivity contribution in [2.24, 2.45) is 5.14 Å². The van der Waals surface area contributed by atoms with E-state index < -0.39 is 26.4 Å². The van der Waals surface area contributed by atoms with Gasteiger partial charge in [0.05, 0.1) is 5.41 Å². The number of likely N-dealkylation sites (tertiary alicyclic amines) is 1. The van der Waals surface area contributed by atoms with Crippen LogP contribution in [-0.4, -0.2) is 38.2 Å². The van der Waals surface area contributed by atoms with Crippen LogP contribution in [0.3, 0.4) is 0 Å². The average molecular weight is 361 g/mol. The topological polar surface area (TPSA) is 123 Å². The summed E-state index contributed by atoms with van der Waals surface area (Å²) < 4.78 is 27.6. The highest BCUT2D eigenvalue weighted by Crippen LogP contribution is 2.44. The number of fused-ring (bicyclic) bond motifs is 2. The molecular weight excluding hydrogens is 346 g/mol. The molecule has 3 heterocycles. The molecule has 2 aliphatic heterocycles. The van der Waals surface area contributed by atoms with Crippen molar-refractivity contribution in [2.75, 3.05) is 18.4 Å². The Hall–Kier alpha value is -2.65.